The summed E-state index contributed by atoms with van der Waals surface area (Å²) in [6.07, 6.45) is 18.4. The molecular weight excluding hydrogens is 512 g/mol. The smallest absolute Gasteiger partial charge is 0.236 e. The molecule has 3 heteroatoms. The summed E-state index contributed by atoms with van der Waals surface area (Å²) in [4.78, 5) is 21.8. The Labute approximate surface area is 252 Å². The van der Waals surface area contributed by atoms with Gasteiger partial charge in [0.2, 0.25) is 5.78 Å². The van der Waals surface area contributed by atoms with Crippen LogP contribution < -0.4 is 0 Å². The second-order valence-corrected chi connectivity index (χ2v) is 12.3. The molecule has 0 bridgehead atoms. The summed E-state index contributed by atoms with van der Waals surface area (Å²) in [5.74, 6) is 7.10. The number of carbonyl (C=O) groups excluding carboxylic acids is 1. The Bertz CT molecular complexity index is 1650. The topological polar surface area (TPSA) is 45.8 Å². The number of unbranched alkanes of at least 4 members (excludes halogenated alkanes) is 2. The molecule has 0 saturated heterocycles. The number of allylic oxidation sites excluding steroid dienone is 2. The molecule has 1 aliphatic carbocycles. The van der Waals surface area contributed by atoms with E-state index in [0.29, 0.717) is 5.56 Å². The van der Waals surface area contributed by atoms with Crippen LogP contribution in [0.4, 0.5) is 0 Å². The van der Waals surface area contributed by atoms with Crippen LogP contribution in [0.15, 0.2) is 54.2 Å². The lowest BCUT2D eigenvalue weighted by Gasteiger charge is -2.12. The number of ketones is 1. The fraction of sp³-hybridized carbons (Fsp3) is 0.436. The Morgan fingerprint density at radius 2 is 1.93 bits per heavy atom. The van der Waals surface area contributed by atoms with Crippen molar-refractivity contribution in [2.75, 3.05) is 0 Å². The fourth-order valence-electron chi connectivity index (χ4n) is 6.13. The Morgan fingerprint density at radius 1 is 1.07 bits per heavy atom. The van der Waals surface area contributed by atoms with Crippen LogP contribution in [-0.2, 0) is 6.42 Å². The standard InChI is InChI=1S/C39H46N2O/c1-5-7-14-31-18-12-19-32(24-31)34-25-33(28(4)38-37(34)35-23-27(3)26-40-39(35)41-38)36(42)20-10-8-9-15-29(13-6-2)16-11-17-30-21-22-30/h12,16,18-19,23-26,30H,5-9,11,13-15,17,21-22H2,1-4H3,(H,40,41)/b29-16+. The second-order valence-electron chi connectivity index (χ2n) is 12.3. The van der Waals surface area contributed by atoms with Crippen LogP contribution >= 0.6 is 0 Å². The van der Waals surface area contributed by atoms with Gasteiger partial charge in [-0.3, -0.25) is 4.79 Å². The van der Waals surface area contributed by atoms with Crippen LogP contribution in [0.5, 0.6) is 0 Å². The molecule has 2 heterocycles. The van der Waals surface area contributed by atoms with Crippen LogP contribution in [0.3, 0.4) is 0 Å². The molecule has 2 aromatic heterocycles. The number of hydrogen-bond donors (Lipinski definition) is 1. The predicted molar refractivity (Wildman–Crippen MR) is 178 cm³/mol. The van der Waals surface area contributed by atoms with Crippen LogP contribution in [0, 0.1) is 31.6 Å². The van der Waals surface area contributed by atoms with Gasteiger partial charge in [-0.1, -0.05) is 81.4 Å². The SMILES string of the molecule is CCCCc1cccc(-c2cc(C(=O)C#CCCC/C(=C/CCC3CC3)CCC)c(C)c3[nH]c4ncc(C)cc4c23)c1. The van der Waals surface area contributed by atoms with Gasteiger partial charge in [0.25, 0.3) is 0 Å². The number of rotatable bonds is 13. The number of pyridine rings is 1. The second kappa shape index (κ2) is 14.0. The summed E-state index contributed by atoms with van der Waals surface area (Å²) >= 11 is 0. The van der Waals surface area contributed by atoms with Crippen molar-refractivity contribution in [3.8, 4) is 23.0 Å². The molecule has 5 rings (SSSR count). The predicted octanol–water partition coefficient (Wildman–Crippen LogP) is 10.6. The minimum absolute atomic E-state index is 0.102. The van der Waals surface area contributed by atoms with Gasteiger partial charge < -0.3 is 4.98 Å². The molecule has 2 aromatic carbocycles. The summed E-state index contributed by atoms with van der Waals surface area (Å²) in [6, 6.07) is 13.1. The van der Waals surface area contributed by atoms with Gasteiger partial charge in [0, 0.05) is 29.0 Å². The average Bonchev–Trinajstić information content (AvgIpc) is 3.74. The highest BCUT2D eigenvalue weighted by molar-refractivity contribution is 6.19. The number of nitrogens with zero attached hydrogens (tertiary/aromatic N) is 1. The maximum atomic E-state index is 13.6. The van der Waals surface area contributed by atoms with E-state index in [4.69, 9.17) is 0 Å². The first-order chi connectivity index (χ1) is 20.5. The molecule has 1 fully saturated rings. The molecule has 0 unspecified atom stereocenters. The first kappa shape index (κ1) is 29.8. The summed E-state index contributed by atoms with van der Waals surface area (Å²) in [7, 11) is 0. The van der Waals surface area contributed by atoms with Crippen molar-refractivity contribution in [3.63, 3.8) is 0 Å². The number of nitrogens with one attached hydrogen (secondary N) is 1. The van der Waals surface area contributed by atoms with E-state index in [9.17, 15) is 4.79 Å². The molecule has 1 N–H and O–H groups in total. The number of fused-ring (bicyclic) bond motifs is 3. The largest absolute Gasteiger partial charge is 0.339 e. The number of H-pyrrole nitrogens is 1. The minimum Gasteiger partial charge on any atom is -0.339 e. The molecule has 0 atom stereocenters. The zero-order valence-corrected chi connectivity index (χ0v) is 26.0. The first-order valence-electron chi connectivity index (χ1n) is 16.2. The number of aromatic nitrogens is 2. The molecular formula is C39H46N2O. The monoisotopic (exact) mass is 558 g/mol. The highest BCUT2D eigenvalue weighted by Gasteiger charge is 2.20. The Hall–Kier alpha value is -3.64. The summed E-state index contributed by atoms with van der Waals surface area (Å²) in [5, 5.41) is 2.23. The Kier molecular flexibility index (Phi) is 9.96. The third-order valence-corrected chi connectivity index (χ3v) is 8.70. The van der Waals surface area contributed by atoms with Crippen molar-refractivity contribution in [1.29, 1.82) is 0 Å². The summed E-state index contributed by atoms with van der Waals surface area (Å²) in [5.41, 5.74) is 9.67. The molecule has 1 saturated carbocycles. The fourth-order valence-corrected chi connectivity index (χ4v) is 6.13. The zero-order valence-electron chi connectivity index (χ0n) is 26.0. The third-order valence-electron chi connectivity index (χ3n) is 8.70. The van der Waals surface area contributed by atoms with E-state index in [-0.39, 0.29) is 5.78 Å². The highest BCUT2D eigenvalue weighted by Crippen LogP contribution is 2.38. The van der Waals surface area contributed by atoms with Crippen LogP contribution in [0.1, 0.15) is 112 Å². The van der Waals surface area contributed by atoms with E-state index in [0.717, 1.165) is 75.8 Å². The van der Waals surface area contributed by atoms with Gasteiger partial charge in [0.1, 0.15) is 5.65 Å². The maximum Gasteiger partial charge on any atom is 0.236 e. The number of benzene rings is 2. The van der Waals surface area contributed by atoms with Gasteiger partial charge in [0.15, 0.2) is 0 Å². The lowest BCUT2D eigenvalue weighted by atomic mass is 9.91. The Morgan fingerprint density at radius 3 is 2.71 bits per heavy atom. The quantitative estimate of drug-likeness (QED) is 0.0583. The maximum absolute atomic E-state index is 13.6. The van der Waals surface area contributed by atoms with Crippen molar-refractivity contribution in [2.24, 2.45) is 5.92 Å². The van der Waals surface area contributed by atoms with Gasteiger partial charge >= 0.3 is 0 Å². The molecule has 1 aliphatic rings. The Balaban J connectivity index is 1.42. The van der Waals surface area contributed by atoms with Crippen molar-refractivity contribution in [1.82, 2.24) is 9.97 Å². The van der Waals surface area contributed by atoms with Crippen molar-refractivity contribution in [3.05, 3.63) is 76.5 Å². The van der Waals surface area contributed by atoms with Crippen LogP contribution in [0.25, 0.3) is 33.1 Å². The molecule has 0 radical (unpaired) electrons. The number of aromatic amines is 1. The molecule has 3 nitrogen and oxygen atoms in total. The summed E-state index contributed by atoms with van der Waals surface area (Å²) < 4.78 is 0. The third kappa shape index (κ3) is 7.22. The van der Waals surface area contributed by atoms with Gasteiger partial charge in [-0.25, -0.2) is 4.98 Å². The molecule has 0 amide bonds. The zero-order chi connectivity index (χ0) is 29.5. The number of carbonyl (C=O) groups is 1. The van der Waals surface area contributed by atoms with E-state index in [1.54, 1.807) is 5.57 Å². The van der Waals surface area contributed by atoms with Crippen LogP contribution in [0.2, 0.25) is 0 Å². The molecule has 42 heavy (non-hydrogen) atoms. The highest BCUT2D eigenvalue weighted by atomic mass is 16.1. The van der Waals surface area contributed by atoms with E-state index < -0.39 is 0 Å². The lowest BCUT2D eigenvalue weighted by molar-refractivity contribution is 0.105. The number of aryl methyl sites for hydroxylation is 3. The number of hydrogen-bond acceptors (Lipinski definition) is 2. The average molecular weight is 559 g/mol. The summed E-state index contributed by atoms with van der Waals surface area (Å²) in [6.45, 7) is 8.59. The van der Waals surface area contributed by atoms with Crippen molar-refractivity contribution in [2.45, 2.75) is 105 Å². The molecule has 4 aromatic rings. The molecule has 218 valence electrons. The lowest BCUT2D eigenvalue weighted by Crippen LogP contribution is -2.01. The van der Waals surface area contributed by atoms with Gasteiger partial charge in [0.05, 0.1) is 5.52 Å². The molecule has 0 aliphatic heterocycles. The number of Topliss-reactive ketones (excluding diaryl/α,β-unsaturated/α-hetero) is 1. The van der Waals surface area contributed by atoms with Crippen LogP contribution in [-0.4, -0.2) is 15.8 Å². The van der Waals surface area contributed by atoms with Gasteiger partial charge in [-0.05, 0) is 111 Å². The van der Waals surface area contributed by atoms with E-state index in [1.165, 1.54) is 56.9 Å². The van der Waals surface area contributed by atoms with Crippen molar-refractivity contribution >= 4 is 27.7 Å². The van der Waals surface area contributed by atoms with E-state index in [1.807, 2.05) is 13.1 Å². The first-order valence-corrected chi connectivity index (χ1v) is 16.2. The van der Waals surface area contributed by atoms with E-state index in [2.05, 4.69) is 85.1 Å². The van der Waals surface area contributed by atoms with Gasteiger partial charge in [-0.15, -0.1) is 0 Å². The normalized spacial score (nSPS) is 13.5. The van der Waals surface area contributed by atoms with E-state index >= 15 is 0 Å². The molecule has 0 spiro atoms. The minimum atomic E-state index is -0.102. The van der Waals surface area contributed by atoms with Gasteiger partial charge in [-0.2, -0.15) is 0 Å². The van der Waals surface area contributed by atoms with Crippen molar-refractivity contribution < 1.29 is 4.79 Å².